The van der Waals surface area contributed by atoms with E-state index in [9.17, 15) is 4.79 Å². The van der Waals surface area contributed by atoms with E-state index in [1.807, 2.05) is 59.3 Å². The van der Waals surface area contributed by atoms with Crippen LogP contribution in [0.15, 0.2) is 65.7 Å². The molecule has 0 aliphatic rings. The summed E-state index contributed by atoms with van der Waals surface area (Å²) in [6, 6.07) is 13.9. The summed E-state index contributed by atoms with van der Waals surface area (Å²) in [5.74, 6) is 0.729. The minimum atomic E-state index is -0.289. The van der Waals surface area contributed by atoms with Crippen molar-refractivity contribution in [1.29, 1.82) is 0 Å². The zero-order chi connectivity index (χ0) is 17.6. The first-order chi connectivity index (χ1) is 12.2. The van der Waals surface area contributed by atoms with Gasteiger partial charge in [-0.1, -0.05) is 42.1 Å². The Morgan fingerprint density at radius 2 is 2.12 bits per heavy atom. The predicted octanol–water partition coefficient (Wildman–Crippen LogP) is 3.78. The quantitative estimate of drug-likeness (QED) is 0.508. The van der Waals surface area contributed by atoms with E-state index >= 15 is 0 Å². The monoisotopic (exact) mass is 370 g/mol. The maximum atomic E-state index is 12.2. The number of aromatic nitrogens is 3. The van der Waals surface area contributed by atoms with Crippen LogP contribution in [-0.2, 0) is 4.79 Å². The highest BCUT2D eigenvalue weighted by Crippen LogP contribution is 2.31. The van der Waals surface area contributed by atoms with Gasteiger partial charge in [-0.25, -0.2) is 0 Å². The zero-order valence-electron chi connectivity index (χ0n) is 13.8. The molecule has 3 rings (SSSR count). The molecular formula is C18H18N4OS2. The molecule has 1 aromatic carbocycles. The lowest BCUT2D eigenvalue weighted by Crippen LogP contribution is -2.31. The Labute approximate surface area is 154 Å². The fraction of sp³-hybridized carbons (Fsp3) is 0.167. The van der Waals surface area contributed by atoms with Crippen molar-refractivity contribution in [2.75, 3.05) is 6.54 Å². The van der Waals surface area contributed by atoms with Gasteiger partial charge in [0.15, 0.2) is 11.0 Å². The van der Waals surface area contributed by atoms with Crippen molar-refractivity contribution in [2.24, 2.45) is 0 Å². The number of thiophene rings is 1. The average Bonchev–Trinajstić information content (AvgIpc) is 3.29. The van der Waals surface area contributed by atoms with Gasteiger partial charge < -0.3 is 5.32 Å². The van der Waals surface area contributed by atoms with Crippen LogP contribution in [0.4, 0.5) is 0 Å². The number of hydrogen-bond donors (Lipinski definition) is 1. The van der Waals surface area contributed by atoms with Crippen molar-refractivity contribution in [3.63, 3.8) is 0 Å². The number of nitrogens with one attached hydrogen (secondary N) is 1. The van der Waals surface area contributed by atoms with E-state index in [2.05, 4.69) is 22.1 Å². The van der Waals surface area contributed by atoms with Gasteiger partial charge in [0.05, 0.1) is 10.1 Å². The number of hydrogen-bond acceptors (Lipinski definition) is 5. The summed E-state index contributed by atoms with van der Waals surface area (Å²) in [5.41, 5.74) is 0.970. The van der Waals surface area contributed by atoms with Gasteiger partial charge in [0, 0.05) is 12.2 Å². The molecule has 0 fully saturated rings. The molecule has 0 aliphatic carbocycles. The van der Waals surface area contributed by atoms with E-state index in [0.29, 0.717) is 11.7 Å². The molecule has 0 saturated carbocycles. The van der Waals surface area contributed by atoms with Crippen LogP contribution < -0.4 is 5.32 Å². The van der Waals surface area contributed by atoms with Gasteiger partial charge in [-0.05, 0) is 30.5 Å². The largest absolute Gasteiger partial charge is 0.352 e. The summed E-state index contributed by atoms with van der Waals surface area (Å²) in [4.78, 5) is 13.2. The molecule has 0 bridgehead atoms. The minimum Gasteiger partial charge on any atom is -0.352 e. The minimum absolute atomic E-state index is 0.0508. The van der Waals surface area contributed by atoms with Gasteiger partial charge in [-0.15, -0.1) is 28.1 Å². The lowest BCUT2D eigenvalue weighted by atomic mass is 10.3. The highest BCUT2D eigenvalue weighted by molar-refractivity contribution is 8.00. The van der Waals surface area contributed by atoms with Crippen LogP contribution in [0, 0.1) is 0 Å². The molecule has 7 heteroatoms. The first-order valence-electron chi connectivity index (χ1n) is 7.80. The van der Waals surface area contributed by atoms with E-state index in [-0.39, 0.29) is 11.2 Å². The van der Waals surface area contributed by atoms with Crippen molar-refractivity contribution in [2.45, 2.75) is 17.3 Å². The Morgan fingerprint density at radius 1 is 1.32 bits per heavy atom. The molecule has 128 valence electrons. The van der Waals surface area contributed by atoms with Gasteiger partial charge in [-0.2, -0.15) is 0 Å². The van der Waals surface area contributed by atoms with Crippen molar-refractivity contribution < 1.29 is 4.79 Å². The second kappa shape index (κ2) is 8.13. The number of carbonyl (C=O) groups excluding carboxylic acids is 1. The van der Waals surface area contributed by atoms with Gasteiger partial charge in [0.1, 0.15) is 0 Å². The number of amides is 1. The van der Waals surface area contributed by atoms with Crippen molar-refractivity contribution in [1.82, 2.24) is 20.1 Å². The third-order valence-corrected chi connectivity index (χ3v) is 5.37. The molecule has 2 aromatic heterocycles. The highest BCUT2D eigenvalue weighted by Gasteiger charge is 2.21. The summed E-state index contributed by atoms with van der Waals surface area (Å²) < 4.78 is 1.99. The lowest BCUT2D eigenvalue weighted by molar-refractivity contribution is -0.120. The zero-order valence-corrected chi connectivity index (χ0v) is 15.4. The first kappa shape index (κ1) is 17.4. The Morgan fingerprint density at radius 3 is 2.80 bits per heavy atom. The Hall–Kier alpha value is -2.38. The van der Waals surface area contributed by atoms with Gasteiger partial charge in [-0.3, -0.25) is 9.36 Å². The molecule has 5 nitrogen and oxygen atoms in total. The SMILES string of the molecule is C=CCNC(=O)C(C)Sc1nnc(-c2cccs2)n1-c1ccccc1. The molecule has 25 heavy (non-hydrogen) atoms. The molecular weight excluding hydrogens is 352 g/mol. The smallest absolute Gasteiger partial charge is 0.233 e. The van der Waals surface area contributed by atoms with Crippen molar-refractivity contribution >= 4 is 29.0 Å². The maximum Gasteiger partial charge on any atom is 0.233 e. The lowest BCUT2D eigenvalue weighted by Gasteiger charge is -2.13. The summed E-state index contributed by atoms with van der Waals surface area (Å²) in [6.07, 6.45) is 1.66. The van der Waals surface area contributed by atoms with E-state index in [0.717, 1.165) is 16.4 Å². The molecule has 1 amide bonds. The second-order valence-electron chi connectivity index (χ2n) is 5.25. The van der Waals surface area contributed by atoms with E-state index < -0.39 is 0 Å². The highest BCUT2D eigenvalue weighted by atomic mass is 32.2. The normalized spacial score (nSPS) is 11.9. The van der Waals surface area contributed by atoms with E-state index in [1.54, 1.807) is 17.4 Å². The van der Waals surface area contributed by atoms with Crippen LogP contribution in [0.3, 0.4) is 0 Å². The third-order valence-electron chi connectivity index (χ3n) is 3.46. The van der Waals surface area contributed by atoms with Crippen LogP contribution in [0.25, 0.3) is 16.4 Å². The van der Waals surface area contributed by atoms with Crippen LogP contribution in [0.5, 0.6) is 0 Å². The molecule has 2 heterocycles. The van der Waals surface area contributed by atoms with Crippen molar-refractivity contribution in [3.05, 3.63) is 60.5 Å². The molecule has 1 N–H and O–H groups in total. The number of benzene rings is 1. The third kappa shape index (κ3) is 4.00. The fourth-order valence-corrected chi connectivity index (χ4v) is 3.84. The molecule has 0 saturated heterocycles. The van der Waals surface area contributed by atoms with Gasteiger partial charge in [0.25, 0.3) is 0 Å². The summed E-state index contributed by atoms with van der Waals surface area (Å²) in [5, 5.41) is 13.9. The van der Waals surface area contributed by atoms with E-state index in [1.165, 1.54) is 11.8 Å². The first-order valence-corrected chi connectivity index (χ1v) is 9.56. The number of rotatable bonds is 7. The number of carbonyl (C=O) groups is 1. The summed E-state index contributed by atoms with van der Waals surface area (Å²) >= 11 is 3.00. The molecule has 0 radical (unpaired) electrons. The van der Waals surface area contributed by atoms with Crippen molar-refractivity contribution in [3.8, 4) is 16.4 Å². The summed E-state index contributed by atoms with van der Waals surface area (Å²) in [7, 11) is 0. The van der Waals surface area contributed by atoms with Gasteiger partial charge in [0.2, 0.25) is 5.91 Å². The molecule has 0 aliphatic heterocycles. The fourth-order valence-electron chi connectivity index (χ4n) is 2.25. The molecule has 0 spiro atoms. The molecule has 3 aromatic rings. The Bertz CT molecular complexity index is 843. The Balaban J connectivity index is 1.94. The van der Waals surface area contributed by atoms with Crippen LogP contribution >= 0.6 is 23.1 Å². The maximum absolute atomic E-state index is 12.2. The van der Waals surface area contributed by atoms with E-state index in [4.69, 9.17) is 0 Å². The predicted molar refractivity (Wildman–Crippen MR) is 103 cm³/mol. The topological polar surface area (TPSA) is 59.8 Å². The number of para-hydroxylation sites is 1. The summed E-state index contributed by atoms with van der Waals surface area (Å²) in [6.45, 7) is 5.93. The Kier molecular flexibility index (Phi) is 5.67. The number of nitrogens with zero attached hydrogens (tertiary/aromatic N) is 3. The number of thioether (sulfide) groups is 1. The standard InChI is InChI=1S/C18H18N4OS2/c1-3-11-19-17(23)13(2)25-18-21-20-16(15-10-7-12-24-15)22(18)14-8-5-4-6-9-14/h3-10,12-13H,1,11H2,2H3,(H,19,23). The molecule has 1 unspecified atom stereocenters. The second-order valence-corrected chi connectivity index (χ2v) is 7.50. The van der Waals surface area contributed by atoms with Crippen LogP contribution in [-0.4, -0.2) is 32.5 Å². The van der Waals surface area contributed by atoms with Crippen LogP contribution in [0.2, 0.25) is 0 Å². The van der Waals surface area contributed by atoms with Crippen LogP contribution in [0.1, 0.15) is 6.92 Å². The molecule has 1 atom stereocenters. The average molecular weight is 371 g/mol. The van der Waals surface area contributed by atoms with Gasteiger partial charge >= 0.3 is 0 Å².